The van der Waals surface area contributed by atoms with Crippen LogP contribution in [0.4, 0.5) is 0 Å². The molecule has 1 unspecified atom stereocenters. The van der Waals surface area contributed by atoms with E-state index in [-0.39, 0.29) is 11.9 Å². The van der Waals surface area contributed by atoms with Gasteiger partial charge in [0.25, 0.3) is 5.91 Å². The normalized spacial score (nSPS) is 20.5. The fourth-order valence-electron chi connectivity index (χ4n) is 0.942. The van der Waals surface area contributed by atoms with Gasteiger partial charge in [-0.3, -0.25) is 14.6 Å². The van der Waals surface area contributed by atoms with Gasteiger partial charge in [0.2, 0.25) is 0 Å². The van der Waals surface area contributed by atoms with Crippen LogP contribution in [0.3, 0.4) is 0 Å². The molecule has 1 N–H and O–H groups in total. The maximum absolute atomic E-state index is 11.5. The zero-order valence-electron chi connectivity index (χ0n) is 7.94. The van der Waals surface area contributed by atoms with Gasteiger partial charge in [0, 0.05) is 7.05 Å². The molecule has 0 saturated carbocycles. The van der Waals surface area contributed by atoms with E-state index < -0.39 is 0 Å². The predicted molar refractivity (Wildman–Crippen MR) is 49.0 cm³/mol. The molecule has 0 aromatic rings. The van der Waals surface area contributed by atoms with E-state index in [9.17, 15) is 4.79 Å². The van der Waals surface area contributed by atoms with Gasteiger partial charge in [-0.05, 0) is 13.0 Å². The SMILES string of the molecule is CON(C)C(=O)C1=CC(C)N=CN1. The minimum atomic E-state index is -0.208. The van der Waals surface area contributed by atoms with E-state index in [0.29, 0.717) is 5.70 Å². The average Bonchev–Trinajstić information content (AvgIpc) is 2.15. The van der Waals surface area contributed by atoms with Gasteiger partial charge in [0.15, 0.2) is 0 Å². The summed E-state index contributed by atoms with van der Waals surface area (Å²) in [4.78, 5) is 20.3. The highest BCUT2D eigenvalue weighted by Gasteiger charge is 2.16. The highest BCUT2D eigenvalue weighted by Crippen LogP contribution is 2.04. The Balaban J connectivity index is 2.67. The molecule has 1 amide bonds. The van der Waals surface area contributed by atoms with Gasteiger partial charge in [-0.15, -0.1) is 0 Å². The standard InChI is InChI=1S/C8H13N3O2/c1-6-4-7(10-5-9-6)8(12)11(2)13-3/h4-6H,1-3H3,(H,9,10). The summed E-state index contributed by atoms with van der Waals surface area (Å²) in [6.07, 6.45) is 3.26. The lowest BCUT2D eigenvalue weighted by molar-refractivity contribution is -0.164. The van der Waals surface area contributed by atoms with Gasteiger partial charge in [-0.25, -0.2) is 5.06 Å². The molecule has 5 nitrogen and oxygen atoms in total. The average molecular weight is 183 g/mol. The van der Waals surface area contributed by atoms with Crippen LogP contribution in [-0.4, -0.2) is 37.5 Å². The van der Waals surface area contributed by atoms with Crippen LogP contribution in [0.5, 0.6) is 0 Å². The summed E-state index contributed by atoms with van der Waals surface area (Å²) < 4.78 is 0. The largest absolute Gasteiger partial charge is 0.342 e. The number of hydroxylamine groups is 2. The van der Waals surface area contributed by atoms with Crippen molar-refractivity contribution in [3.63, 3.8) is 0 Å². The van der Waals surface area contributed by atoms with Crippen molar-refractivity contribution in [3.05, 3.63) is 11.8 Å². The van der Waals surface area contributed by atoms with Crippen molar-refractivity contribution < 1.29 is 9.63 Å². The Bertz CT molecular complexity index is 260. The topological polar surface area (TPSA) is 53.9 Å². The number of carbonyl (C=O) groups is 1. The van der Waals surface area contributed by atoms with E-state index in [1.807, 2.05) is 6.92 Å². The van der Waals surface area contributed by atoms with Crippen LogP contribution in [-0.2, 0) is 9.63 Å². The van der Waals surface area contributed by atoms with Crippen LogP contribution in [0.1, 0.15) is 6.92 Å². The van der Waals surface area contributed by atoms with Crippen molar-refractivity contribution in [2.45, 2.75) is 13.0 Å². The molecule has 0 spiro atoms. The minimum absolute atomic E-state index is 0.0328. The Morgan fingerprint density at radius 1 is 1.77 bits per heavy atom. The predicted octanol–water partition coefficient (Wildman–Crippen LogP) is -0.0899. The summed E-state index contributed by atoms with van der Waals surface area (Å²) in [6, 6.07) is 0.0328. The van der Waals surface area contributed by atoms with Crippen molar-refractivity contribution in [1.29, 1.82) is 0 Å². The van der Waals surface area contributed by atoms with Gasteiger partial charge in [-0.1, -0.05) is 0 Å². The molecule has 0 aliphatic carbocycles. The summed E-state index contributed by atoms with van der Waals surface area (Å²) >= 11 is 0. The van der Waals surface area contributed by atoms with Gasteiger partial charge in [-0.2, -0.15) is 0 Å². The molecule has 0 fully saturated rings. The Hall–Kier alpha value is -1.36. The van der Waals surface area contributed by atoms with Gasteiger partial charge in [0.1, 0.15) is 5.70 Å². The van der Waals surface area contributed by atoms with Crippen LogP contribution < -0.4 is 5.32 Å². The highest BCUT2D eigenvalue weighted by atomic mass is 16.7. The number of rotatable bonds is 2. The monoisotopic (exact) mass is 183 g/mol. The van der Waals surface area contributed by atoms with Crippen LogP contribution in [0.15, 0.2) is 16.8 Å². The number of nitrogens with one attached hydrogen (secondary N) is 1. The first kappa shape index (κ1) is 9.73. The lowest BCUT2D eigenvalue weighted by atomic mass is 10.2. The molecule has 1 heterocycles. The Morgan fingerprint density at radius 2 is 2.46 bits per heavy atom. The van der Waals surface area contributed by atoms with E-state index in [4.69, 9.17) is 4.84 Å². The van der Waals surface area contributed by atoms with Crippen molar-refractivity contribution in [2.24, 2.45) is 4.99 Å². The Labute approximate surface area is 77.0 Å². The molecule has 13 heavy (non-hydrogen) atoms. The molecule has 1 aliphatic heterocycles. The first-order chi connectivity index (χ1) is 6.15. The third-order valence-electron chi connectivity index (χ3n) is 1.73. The number of nitrogens with zero attached hydrogens (tertiary/aromatic N) is 2. The van der Waals surface area contributed by atoms with Crippen molar-refractivity contribution in [3.8, 4) is 0 Å². The van der Waals surface area contributed by atoms with E-state index in [1.165, 1.54) is 13.4 Å². The lowest BCUT2D eigenvalue weighted by Gasteiger charge is -2.18. The molecule has 1 atom stereocenters. The van der Waals surface area contributed by atoms with E-state index in [1.54, 1.807) is 13.1 Å². The van der Waals surface area contributed by atoms with Gasteiger partial charge < -0.3 is 5.32 Å². The fourth-order valence-corrected chi connectivity index (χ4v) is 0.942. The second-order valence-electron chi connectivity index (χ2n) is 2.73. The number of amides is 1. The molecule has 0 saturated heterocycles. The van der Waals surface area contributed by atoms with Crippen molar-refractivity contribution in [2.75, 3.05) is 14.2 Å². The van der Waals surface area contributed by atoms with Crippen LogP contribution in [0, 0.1) is 0 Å². The molecule has 0 radical (unpaired) electrons. The van der Waals surface area contributed by atoms with E-state index in [2.05, 4.69) is 10.3 Å². The van der Waals surface area contributed by atoms with Crippen molar-refractivity contribution in [1.82, 2.24) is 10.4 Å². The highest BCUT2D eigenvalue weighted by molar-refractivity contribution is 5.95. The number of hydrogen-bond acceptors (Lipinski definition) is 4. The van der Waals surface area contributed by atoms with E-state index in [0.717, 1.165) is 5.06 Å². The number of aliphatic imine (C=N–C) groups is 1. The minimum Gasteiger partial charge on any atom is -0.342 e. The van der Waals surface area contributed by atoms with E-state index >= 15 is 0 Å². The second-order valence-corrected chi connectivity index (χ2v) is 2.73. The maximum Gasteiger partial charge on any atom is 0.293 e. The molecule has 0 aromatic carbocycles. The molecule has 0 bridgehead atoms. The quantitative estimate of drug-likeness (QED) is 0.609. The molecule has 0 aromatic heterocycles. The van der Waals surface area contributed by atoms with Crippen LogP contribution in [0.2, 0.25) is 0 Å². The molecule has 72 valence electrons. The molecule has 1 aliphatic rings. The van der Waals surface area contributed by atoms with Gasteiger partial charge in [0.05, 0.1) is 19.5 Å². The Morgan fingerprint density at radius 3 is 3.00 bits per heavy atom. The summed E-state index contributed by atoms with van der Waals surface area (Å²) in [5.74, 6) is -0.208. The van der Waals surface area contributed by atoms with Crippen LogP contribution in [0.25, 0.3) is 0 Å². The maximum atomic E-state index is 11.5. The molecule has 1 rings (SSSR count). The number of likely N-dealkylation sites (N-methyl/N-ethyl adjacent to an activating group) is 1. The fraction of sp³-hybridized carbons (Fsp3) is 0.500. The summed E-state index contributed by atoms with van der Waals surface area (Å²) in [5.41, 5.74) is 0.492. The van der Waals surface area contributed by atoms with Gasteiger partial charge >= 0.3 is 0 Å². The number of hydrogen-bond donors (Lipinski definition) is 1. The van der Waals surface area contributed by atoms with Crippen molar-refractivity contribution >= 4 is 12.2 Å². The first-order valence-corrected chi connectivity index (χ1v) is 3.97. The summed E-state index contributed by atoms with van der Waals surface area (Å²) in [7, 11) is 3.00. The number of carbonyl (C=O) groups excluding carboxylic acids is 1. The Kier molecular flexibility index (Phi) is 3.02. The van der Waals surface area contributed by atoms with Crippen LogP contribution >= 0.6 is 0 Å². The molecular weight excluding hydrogens is 170 g/mol. The smallest absolute Gasteiger partial charge is 0.293 e. The molecule has 5 heteroatoms. The summed E-state index contributed by atoms with van der Waals surface area (Å²) in [6.45, 7) is 1.90. The third kappa shape index (κ3) is 2.29. The summed E-state index contributed by atoms with van der Waals surface area (Å²) in [5, 5.41) is 3.92. The third-order valence-corrected chi connectivity index (χ3v) is 1.73. The molecular formula is C8H13N3O2. The zero-order chi connectivity index (χ0) is 9.84. The lowest BCUT2D eigenvalue weighted by Crippen LogP contribution is -2.34. The zero-order valence-corrected chi connectivity index (χ0v) is 7.94. The second kappa shape index (κ2) is 4.04. The first-order valence-electron chi connectivity index (χ1n) is 3.97.